The van der Waals surface area contributed by atoms with Crippen LogP contribution < -0.4 is 21.4 Å². The summed E-state index contributed by atoms with van der Waals surface area (Å²) in [6.45, 7) is 5.69. The minimum Gasteiger partial charge on any atom is -0.465 e. The van der Waals surface area contributed by atoms with Gasteiger partial charge in [-0.15, -0.1) is 0 Å². The van der Waals surface area contributed by atoms with Crippen LogP contribution in [-0.2, 0) is 43.2 Å². The molecule has 12 heteroatoms. The Labute approximate surface area is 270 Å². The largest absolute Gasteiger partial charge is 0.465 e. The third-order valence-corrected chi connectivity index (χ3v) is 6.75. The fourth-order valence-corrected chi connectivity index (χ4v) is 4.48. The summed E-state index contributed by atoms with van der Waals surface area (Å²) >= 11 is 0. The van der Waals surface area contributed by atoms with Crippen molar-refractivity contribution in [3.8, 4) is 0 Å². The second kappa shape index (κ2) is 20.4. The summed E-state index contributed by atoms with van der Waals surface area (Å²) in [6.07, 6.45) is 3.75. The van der Waals surface area contributed by atoms with Crippen LogP contribution in [0.2, 0.25) is 0 Å². The van der Waals surface area contributed by atoms with Crippen LogP contribution in [0.5, 0.6) is 0 Å². The maximum absolute atomic E-state index is 12.5. The van der Waals surface area contributed by atoms with Gasteiger partial charge in [-0.25, -0.2) is 14.4 Å². The molecule has 0 saturated heterocycles. The predicted molar refractivity (Wildman–Crippen MR) is 173 cm³/mol. The molecule has 2 rings (SSSR count). The van der Waals surface area contributed by atoms with Gasteiger partial charge in [0.15, 0.2) is 0 Å². The average Bonchev–Trinajstić information content (AvgIpc) is 3.00. The molecule has 4 amide bonds. The van der Waals surface area contributed by atoms with Crippen LogP contribution in [0.4, 0.5) is 9.59 Å². The van der Waals surface area contributed by atoms with Gasteiger partial charge in [0.25, 0.3) is 5.91 Å². The van der Waals surface area contributed by atoms with Gasteiger partial charge in [0, 0.05) is 19.5 Å². The normalized spacial score (nSPS) is 11.5. The van der Waals surface area contributed by atoms with Crippen LogP contribution in [-0.4, -0.2) is 59.8 Å². The predicted octanol–water partition coefficient (Wildman–Crippen LogP) is 4.60. The molecule has 0 radical (unpaired) electrons. The second-order valence-corrected chi connectivity index (χ2v) is 12.0. The minimum atomic E-state index is -1.34. The third kappa shape index (κ3) is 17.6. The van der Waals surface area contributed by atoms with E-state index >= 15 is 0 Å². The monoisotopic (exact) mass is 640 g/mol. The molecular formula is C34H48N4O8. The molecule has 0 fully saturated rings. The maximum atomic E-state index is 12.5. The fraction of sp³-hybridized carbons (Fsp3) is 0.500. The van der Waals surface area contributed by atoms with Gasteiger partial charge in [0.2, 0.25) is 5.91 Å². The summed E-state index contributed by atoms with van der Waals surface area (Å²) in [5.74, 6) is -1.64. The molecule has 0 aliphatic heterocycles. The molecule has 0 aromatic heterocycles. The van der Waals surface area contributed by atoms with Crippen molar-refractivity contribution in [1.29, 1.82) is 0 Å². The number of unbranched alkanes of at least 4 members (excludes halogenated alkanes) is 2. The number of aryl methyl sites for hydroxylation is 2. The maximum Gasteiger partial charge on any atom is 0.407 e. The molecule has 0 bridgehead atoms. The first-order chi connectivity index (χ1) is 21.9. The molecule has 2 aromatic rings. The van der Waals surface area contributed by atoms with Crippen molar-refractivity contribution in [2.24, 2.45) is 0 Å². The number of carboxylic acid groups (broad SMARTS) is 1. The molecular weight excluding hydrogens is 592 g/mol. The smallest absolute Gasteiger partial charge is 0.407 e. The Morgan fingerprint density at radius 1 is 0.761 bits per heavy atom. The van der Waals surface area contributed by atoms with Crippen LogP contribution in [0, 0.1) is 0 Å². The number of carbonyl (C=O) groups is 5. The van der Waals surface area contributed by atoms with Crippen molar-refractivity contribution >= 4 is 30.0 Å². The lowest BCUT2D eigenvalue weighted by Crippen LogP contribution is -2.46. The quantitative estimate of drug-likeness (QED) is 0.116. The molecule has 0 unspecified atom stereocenters. The van der Waals surface area contributed by atoms with E-state index in [2.05, 4.69) is 45.7 Å². The zero-order chi connectivity index (χ0) is 33.8. The van der Waals surface area contributed by atoms with Gasteiger partial charge >= 0.3 is 18.2 Å². The molecule has 12 nitrogen and oxygen atoms in total. The highest BCUT2D eigenvalue weighted by Gasteiger charge is 2.20. The van der Waals surface area contributed by atoms with E-state index in [-0.39, 0.29) is 32.2 Å². The van der Waals surface area contributed by atoms with Crippen LogP contribution >= 0.6 is 0 Å². The van der Waals surface area contributed by atoms with Gasteiger partial charge in [0.05, 0.1) is 6.42 Å². The van der Waals surface area contributed by atoms with Crippen LogP contribution in [0.25, 0.3) is 0 Å². The van der Waals surface area contributed by atoms with Gasteiger partial charge in [-0.05, 0) is 88.8 Å². The summed E-state index contributed by atoms with van der Waals surface area (Å²) in [4.78, 5) is 64.4. The van der Waals surface area contributed by atoms with Crippen molar-refractivity contribution < 1.29 is 38.7 Å². The highest BCUT2D eigenvalue weighted by atomic mass is 16.7. The SMILES string of the molecule is CC(C)(C)OC(=O)NCCCC[C@H](NC(=O)O)C(=O)NCCCC(=O)ONC(=O)Cc1ccc(CCCCc2ccccc2)cc1. The number of nitrogens with one attached hydrogen (secondary N) is 4. The first-order valence-corrected chi connectivity index (χ1v) is 15.8. The molecule has 46 heavy (non-hydrogen) atoms. The average molecular weight is 641 g/mol. The Balaban J connectivity index is 1.58. The molecule has 0 spiro atoms. The zero-order valence-electron chi connectivity index (χ0n) is 27.1. The van der Waals surface area contributed by atoms with E-state index in [0.717, 1.165) is 31.2 Å². The number of hydrogen-bond acceptors (Lipinski definition) is 7. The summed E-state index contributed by atoms with van der Waals surface area (Å²) in [7, 11) is 0. The Kier molecular flexibility index (Phi) is 16.7. The van der Waals surface area contributed by atoms with Gasteiger partial charge in [-0.3, -0.25) is 9.59 Å². The number of carbonyl (C=O) groups excluding carboxylic acids is 4. The molecule has 2 aromatic carbocycles. The number of alkyl carbamates (subject to hydrolysis) is 1. The van der Waals surface area contributed by atoms with E-state index in [0.29, 0.717) is 19.4 Å². The Morgan fingerprint density at radius 2 is 1.37 bits per heavy atom. The second-order valence-electron chi connectivity index (χ2n) is 12.0. The van der Waals surface area contributed by atoms with Gasteiger partial charge in [-0.1, -0.05) is 54.6 Å². The number of rotatable bonds is 18. The molecule has 252 valence electrons. The van der Waals surface area contributed by atoms with Crippen LogP contribution in [0.3, 0.4) is 0 Å². The van der Waals surface area contributed by atoms with E-state index in [1.54, 1.807) is 20.8 Å². The number of hydroxylamine groups is 1. The molecule has 0 saturated carbocycles. The summed E-state index contributed by atoms with van der Waals surface area (Å²) in [6, 6.07) is 17.2. The Hall–Kier alpha value is -4.61. The molecule has 0 aliphatic rings. The van der Waals surface area contributed by atoms with Crippen LogP contribution in [0.1, 0.15) is 82.4 Å². The van der Waals surface area contributed by atoms with Crippen molar-refractivity contribution in [1.82, 2.24) is 21.4 Å². The number of hydrogen-bond donors (Lipinski definition) is 5. The molecule has 5 N–H and O–H groups in total. The van der Waals surface area contributed by atoms with Crippen molar-refractivity contribution in [2.45, 2.75) is 96.6 Å². The first-order valence-electron chi connectivity index (χ1n) is 15.8. The lowest BCUT2D eigenvalue weighted by Gasteiger charge is -2.20. The van der Waals surface area contributed by atoms with Crippen LogP contribution in [0.15, 0.2) is 54.6 Å². The van der Waals surface area contributed by atoms with Gasteiger partial charge < -0.3 is 30.6 Å². The van der Waals surface area contributed by atoms with Gasteiger partial charge in [0.1, 0.15) is 11.6 Å². The van der Waals surface area contributed by atoms with Gasteiger partial charge in [-0.2, -0.15) is 5.48 Å². The lowest BCUT2D eigenvalue weighted by atomic mass is 10.0. The lowest BCUT2D eigenvalue weighted by molar-refractivity contribution is -0.158. The number of amides is 4. The molecule has 0 heterocycles. The third-order valence-electron chi connectivity index (χ3n) is 6.75. The summed E-state index contributed by atoms with van der Waals surface area (Å²) in [5.41, 5.74) is 4.89. The number of ether oxygens (including phenoxy) is 1. The van der Waals surface area contributed by atoms with E-state index in [4.69, 9.17) is 14.7 Å². The summed E-state index contributed by atoms with van der Waals surface area (Å²) < 4.78 is 5.15. The van der Waals surface area contributed by atoms with Crippen molar-refractivity contribution in [3.63, 3.8) is 0 Å². The van der Waals surface area contributed by atoms with E-state index in [1.165, 1.54) is 11.1 Å². The Bertz CT molecular complexity index is 1250. The molecule has 0 aliphatic carbocycles. The highest BCUT2D eigenvalue weighted by molar-refractivity contribution is 5.85. The van der Waals surface area contributed by atoms with Crippen molar-refractivity contribution in [3.05, 3.63) is 71.3 Å². The van der Waals surface area contributed by atoms with Crippen molar-refractivity contribution in [2.75, 3.05) is 13.1 Å². The summed E-state index contributed by atoms with van der Waals surface area (Å²) in [5, 5.41) is 16.5. The number of benzene rings is 2. The Morgan fingerprint density at radius 3 is 2.00 bits per heavy atom. The van der Waals surface area contributed by atoms with E-state index in [1.807, 2.05) is 30.3 Å². The molecule has 1 atom stereocenters. The van der Waals surface area contributed by atoms with E-state index < -0.39 is 41.6 Å². The topological polar surface area (TPSA) is 172 Å². The van der Waals surface area contributed by atoms with E-state index in [9.17, 15) is 24.0 Å². The first kappa shape index (κ1) is 37.6. The fourth-order valence-electron chi connectivity index (χ4n) is 4.48. The minimum absolute atomic E-state index is 0.0622. The standard InChI is InChI=1S/C34H48N4O8/c1-34(2,3)45-33(44)36-22-10-9-16-28(37-32(42)43)31(41)35-23-11-17-30(40)46-38-29(39)24-27-20-18-26(19-21-27)15-8-7-14-25-12-5-4-6-13-25/h4-6,12-13,18-21,28,37H,7-11,14-17,22-24H2,1-3H3,(H,35,41)(H,36,44)(H,38,39)(H,42,43)/t28-/m0/s1. The highest BCUT2D eigenvalue weighted by Crippen LogP contribution is 2.11. The zero-order valence-corrected chi connectivity index (χ0v) is 27.1.